The molecule has 0 atom stereocenters. The molecule has 33 heavy (non-hydrogen) atoms. The number of nitrogens with one attached hydrogen (secondary N) is 2. The Morgan fingerprint density at radius 2 is 1.88 bits per heavy atom. The van der Waals surface area contributed by atoms with Crippen molar-refractivity contribution in [2.75, 3.05) is 24.0 Å². The van der Waals surface area contributed by atoms with E-state index in [0.29, 0.717) is 22.5 Å². The van der Waals surface area contributed by atoms with E-state index in [1.54, 1.807) is 6.92 Å². The Morgan fingerprint density at radius 3 is 2.52 bits per heavy atom. The molecule has 0 bridgehead atoms. The number of aryl methyl sites for hydroxylation is 1. The van der Waals surface area contributed by atoms with Gasteiger partial charge in [-0.15, -0.1) is 0 Å². The van der Waals surface area contributed by atoms with Crippen LogP contribution in [0.2, 0.25) is 0 Å². The van der Waals surface area contributed by atoms with Gasteiger partial charge < -0.3 is 10.6 Å². The normalized spacial score (nSPS) is 15.8. The number of aromatic nitrogens is 2. The summed E-state index contributed by atoms with van der Waals surface area (Å²) < 4.78 is 67.1. The average Bonchev–Trinajstić information content (AvgIpc) is 2.70. The third-order valence-electron chi connectivity index (χ3n) is 5.65. The molecule has 3 aromatic rings. The van der Waals surface area contributed by atoms with Crippen LogP contribution in [0.5, 0.6) is 0 Å². The molecule has 10 heteroatoms. The van der Waals surface area contributed by atoms with Crippen LogP contribution in [0.3, 0.4) is 0 Å². The summed E-state index contributed by atoms with van der Waals surface area (Å²) in [6.07, 6.45) is -3.30. The molecule has 2 N–H and O–H groups in total. The molecule has 2 aromatic carbocycles. The molecular formula is C23H24F5N4P. The van der Waals surface area contributed by atoms with Gasteiger partial charge in [0.25, 0.3) is 12.3 Å². The minimum Gasteiger partial charge on any atom is -0.381 e. The number of nitrogens with zero attached hydrogens (tertiary/aromatic N) is 2. The smallest absolute Gasteiger partial charge is 0.266 e. The van der Waals surface area contributed by atoms with Crippen molar-refractivity contribution in [1.29, 1.82) is 0 Å². The second kappa shape index (κ2) is 9.01. The zero-order valence-electron chi connectivity index (χ0n) is 18.4. The van der Waals surface area contributed by atoms with E-state index in [-0.39, 0.29) is 31.0 Å². The lowest BCUT2D eigenvalue weighted by Crippen LogP contribution is -2.44. The zero-order chi connectivity index (χ0) is 23.9. The van der Waals surface area contributed by atoms with Crippen molar-refractivity contribution in [3.63, 3.8) is 0 Å². The van der Waals surface area contributed by atoms with Crippen molar-refractivity contribution in [3.8, 4) is 0 Å². The largest absolute Gasteiger partial charge is 0.381 e. The fourth-order valence-electron chi connectivity index (χ4n) is 3.97. The summed E-state index contributed by atoms with van der Waals surface area (Å²) in [5.74, 6) is -2.63. The van der Waals surface area contributed by atoms with Crippen LogP contribution >= 0.6 is 7.92 Å². The molecule has 4 nitrogen and oxygen atoms in total. The summed E-state index contributed by atoms with van der Waals surface area (Å²) in [4.78, 5) is 8.92. The quantitative estimate of drug-likeness (QED) is 0.311. The topological polar surface area (TPSA) is 49.8 Å². The van der Waals surface area contributed by atoms with Gasteiger partial charge in [0.2, 0.25) is 0 Å². The first-order chi connectivity index (χ1) is 15.5. The number of halogens is 5. The first kappa shape index (κ1) is 23.6. The maximum Gasteiger partial charge on any atom is 0.266 e. The number of rotatable bonds is 7. The standard InChI is InChI=1S/C23H24F5N4P/c1-12-30-17-8-18(32-14-9-23(27,28)10-14)19(33(2)3)7-16(17)22(31-12)29-11-13-5-4-6-15(20(13)24)21(25)26/h4-8,14,21,32H,9-11H2,1-3H3,(H,29,30,31). The van der Waals surface area contributed by atoms with Crippen molar-refractivity contribution < 1.29 is 22.0 Å². The Bertz CT molecular complexity index is 1180. The molecule has 0 unspecified atom stereocenters. The van der Waals surface area contributed by atoms with E-state index in [1.807, 2.05) is 12.1 Å². The second-order valence-electron chi connectivity index (χ2n) is 8.48. The molecule has 0 amide bonds. The Balaban J connectivity index is 1.66. The number of benzene rings is 2. The van der Waals surface area contributed by atoms with E-state index in [2.05, 4.69) is 33.9 Å². The monoisotopic (exact) mass is 482 g/mol. The first-order valence-corrected chi connectivity index (χ1v) is 12.7. The molecule has 1 aromatic heterocycles. The van der Waals surface area contributed by atoms with Crippen LogP contribution in [0.15, 0.2) is 30.3 Å². The summed E-state index contributed by atoms with van der Waals surface area (Å²) in [6.45, 7) is 5.80. The van der Waals surface area contributed by atoms with E-state index in [9.17, 15) is 22.0 Å². The van der Waals surface area contributed by atoms with Gasteiger partial charge in [0.05, 0.1) is 11.1 Å². The van der Waals surface area contributed by atoms with Crippen molar-refractivity contribution in [3.05, 3.63) is 53.1 Å². The number of hydrogen-bond acceptors (Lipinski definition) is 4. The van der Waals surface area contributed by atoms with Crippen LogP contribution in [0.4, 0.5) is 33.5 Å². The second-order valence-corrected chi connectivity index (χ2v) is 10.8. The highest BCUT2D eigenvalue weighted by molar-refractivity contribution is 7.64. The van der Waals surface area contributed by atoms with Gasteiger partial charge in [0.1, 0.15) is 17.5 Å². The molecule has 0 aliphatic heterocycles. The maximum absolute atomic E-state index is 14.4. The number of hydrogen-bond donors (Lipinski definition) is 2. The molecular weight excluding hydrogens is 458 g/mol. The Hall–Kier alpha value is -2.54. The molecule has 1 aliphatic carbocycles. The predicted octanol–water partition coefficient (Wildman–Crippen LogP) is 6.20. The third kappa shape index (κ3) is 5.03. The zero-order valence-corrected chi connectivity index (χ0v) is 19.3. The van der Waals surface area contributed by atoms with Crippen LogP contribution in [-0.2, 0) is 6.54 Å². The average molecular weight is 482 g/mol. The van der Waals surface area contributed by atoms with Gasteiger partial charge in [-0.05, 0) is 37.7 Å². The minimum atomic E-state index is -2.90. The maximum atomic E-state index is 14.4. The summed E-state index contributed by atoms with van der Waals surface area (Å²) in [5, 5.41) is 7.97. The number of anilines is 2. The highest BCUT2D eigenvalue weighted by Crippen LogP contribution is 2.40. The lowest BCUT2D eigenvalue weighted by atomic mass is 9.88. The molecule has 1 saturated carbocycles. The Labute approximate surface area is 189 Å². The van der Waals surface area contributed by atoms with Crippen molar-refractivity contribution in [2.45, 2.75) is 44.7 Å². The predicted molar refractivity (Wildman–Crippen MR) is 123 cm³/mol. The molecule has 0 radical (unpaired) electrons. The van der Waals surface area contributed by atoms with Gasteiger partial charge in [-0.1, -0.05) is 26.1 Å². The highest BCUT2D eigenvalue weighted by atomic mass is 31.1. The van der Waals surface area contributed by atoms with Gasteiger partial charge in [-0.25, -0.2) is 31.9 Å². The van der Waals surface area contributed by atoms with Gasteiger partial charge in [0, 0.05) is 42.1 Å². The molecule has 1 heterocycles. The van der Waals surface area contributed by atoms with Gasteiger partial charge in [0.15, 0.2) is 0 Å². The Morgan fingerprint density at radius 1 is 1.15 bits per heavy atom. The third-order valence-corrected chi connectivity index (χ3v) is 6.98. The summed E-state index contributed by atoms with van der Waals surface area (Å²) in [6, 6.07) is 7.37. The van der Waals surface area contributed by atoms with Crippen LogP contribution in [0.25, 0.3) is 10.9 Å². The van der Waals surface area contributed by atoms with Gasteiger partial charge in [-0.3, -0.25) is 0 Å². The van der Waals surface area contributed by atoms with E-state index in [4.69, 9.17) is 0 Å². The van der Waals surface area contributed by atoms with Crippen molar-refractivity contribution >= 4 is 35.6 Å². The summed E-state index contributed by atoms with van der Waals surface area (Å²) >= 11 is 0. The highest BCUT2D eigenvalue weighted by Gasteiger charge is 2.45. The lowest BCUT2D eigenvalue weighted by Gasteiger charge is -2.36. The van der Waals surface area contributed by atoms with E-state index in [1.165, 1.54) is 12.1 Å². The van der Waals surface area contributed by atoms with Crippen LogP contribution in [0, 0.1) is 12.7 Å². The van der Waals surface area contributed by atoms with E-state index < -0.39 is 31.7 Å². The first-order valence-electron chi connectivity index (χ1n) is 10.5. The lowest BCUT2D eigenvalue weighted by molar-refractivity contribution is -0.0793. The summed E-state index contributed by atoms with van der Waals surface area (Å²) in [7, 11) is -0.592. The molecule has 1 fully saturated rings. The molecule has 176 valence electrons. The van der Waals surface area contributed by atoms with Gasteiger partial charge in [-0.2, -0.15) is 0 Å². The number of alkyl halides is 4. The van der Waals surface area contributed by atoms with Crippen molar-refractivity contribution in [2.24, 2.45) is 0 Å². The van der Waals surface area contributed by atoms with E-state index in [0.717, 1.165) is 17.1 Å². The molecule has 1 aliphatic rings. The molecule has 4 rings (SSSR count). The summed E-state index contributed by atoms with van der Waals surface area (Å²) in [5.41, 5.74) is 0.856. The van der Waals surface area contributed by atoms with Crippen LogP contribution < -0.4 is 15.9 Å². The molecule has 0 saturated heterocycles. The fraction of sp³-hybridized carbons (Fsp3) is 0.391. The fourth-order valence-corrected chi connectivity index (χ4v) is 4.97. The number of fused-ring (bicyclic) bond motifs is 1. The van der Waals surface area contributed by atoms with Gasteiger partial charge >= 0.3 is 0 Å². The molecule has 0 spiro atoms. The van der Waals surface area contributed by atoms with E-state index >= 15 is 0 Å². The Kier molecular flexibility index (Phi) is 6.45. The minimum absolute atomic E-state index is 0.0303. The SMILES string of the molecule is Cc1nc(NCc2cccc(C(F)F)c2F)c2cc(P(C)C)c(NC3CC(F)(F)C3)cc2n1. The van der Waals surface area contributed by atoms with Crippen LogP contribution in [0.1, 0.15) is 36.2 Å². The van der Waals surface area contributed by atoms with Crippen LogP contribution in [-0.4, -0.2) is 35.3 Å². The van der Waals surface area contributed by atoms with Crippen molar-refractivity contribution in [1.82, 2.24) is 9.97 Å².